The van der Waals surface area contributed by atoms with Crippen LogP contribution in [0.2, 0.25) is 0 Å². The number of nitrogens with one attached hydrogen (secondary N) is 1. The van der Waals surface area contributed by atoms with Crippen LogP contribution in [0.15, 0.2) is 48.5 Å². The van der Waals surface area contributed by atoms with Gasteiger partial charge in [0.25, 0.3) is 11.8 Å². The highest BCUT2D eigenvalue weighted by Crippen LogP contribution is 2.29. The molecule has 5 nitrogen and oxygen atoms in total. The Morgan fingerprint density at radius 3 is 2.25 bits per heavy atom. The van der Waals surface area contributed by atoms with Gasteiger partial charge in [-0.3, -0.25) is 9.59 Å². The van der Waals surface area contributed by atoms with Gasteiger partial charge in [-0.15, -0.1) is 0 Å². The van der Waals surface area contributed by atoms with E-state index in [2.05, 4.69) is 19.2 Å². The lowest BCUT2D eigenvalue weighted by Crippen LogP contribution is -2.40. The summed E-state index contributed by atoms with van der Waals surface area (Å²) in [6.07, 6.45) is 8.34. The zero-order chi connectivity index (χ0) is 22.9. The first-order valence-corrected chi connectivity index (χ1v) is 11.9. The zero-order valence-electron chi connectivity index (χ0n) is 19.6. The number of nitrogens with zero attached hydrogens (tertiary/aromatic N) is 1. The number of amides is 2. The SMILES string of the molecule is CCCCOc1ccc(C(=O)Nc2ccc(C(=O)N(C)[C@H](C)C3CCCCC3)cc2)cc1. The fraction of sp³-hybridized carbons (Fsp3) is 0.481. The molecule has 172 valence electrons. The van der Waals surface area contributed by atoms with Crippen molar-refractivity contribution in [1.29, 1.82) is 0 Å². The van der Waals surface area contributed by atoms with Crippen molar-refractivity contribution >= 4 is 17.5 Å². The Morgan fingerprint density at radius 1 is 1.00 bits per heavy atom. The number of hydrogen-bond acceptors (Lipinski definition) is 3. The van der Waals surface area contributed by atoms with E-state index in [-0.39, 0.29) is 17.9 Å². The summed E-state index contributed by atoms with van der Waals surface area (Å²) < 4.78 is 5.64. The van der Waals surface area contributed by atoms with Gasteiger partial charge in [-0.1, -0.05) is 32.6 Å². The highest BCUT2D eigenvalue weighted by atomic mass is 16.5. The Labute approximate surface area is 192 Å². The Morgan fingerprint density at radius 2 is 1.62 bits per heavy atom. The van der Waals surface area contributed by atoms with Crippen molar-refractivity contribution in [3.63, 3.8) is 0 Å². The van der Waals surface area contributed by atoms with Gasteiger partial charge in [0, 0.05) is 29.9 Å². The van der Waals surface area contributed by atoms with Crippen molar-refractivity contribution in [3.8, 4) is 5.75 Å². The largest absolute Gasteiger partial charge is 0.494 e. The van der Waals surface area contributed by atoms with Crippen LogP contribution in [0.25, 0.3) is 0 Å². The normalized spacial score (nSPS) is 15.1. The Kier molecular flexibility index (Phi) is 8.72. The summed E-state index contributed by atoms with van der Waals surface area (Å²) in [7, 11) is 1.90. The molecular weight excluding hydrogens is 400 g/mol. The summed E-state index contributed by atoms with van der Waals surface area (Å²) in [4.78, 5) is 27.4. The van der Waals surface area contributed by atoms with E-state index in [1.54, 1.807) is 36.4 Å². The van der Waals surface area contributed by atoms with Crippen molar-refractivity contribution in [3.05, 3.63) is 59.7 Å². The van der Waals surface area contributed by atoms with E-state index >= 15 is 0 Å². The van der Waals surface area contributed by atoms with Gasteiger partial charge in [0.1, 0.15) is 5.75 Å². The average molecular weight is 437 g/mol. The molecule has 2 aromatic carbocycles. The van der Waals surface area contributed by atoms with Crippen molar-refractivity contribution in [1.82, 2.24) is 4.90 Å². The van der Waals surface area contributed by atoms with Gasteiger partial charge in [0.2, 0.25) is 0 Å². The molecule has 0 aromatic heterocycles. The maximum absolute atomic E-state index is 12.9. The van der Waals surface area contributed by atoms with Gasteiger partial charge in [-0.05, 0) is 80.6 Å². The van der Waals surface area contributed by atoms with E-state index in [9.17, 15) is 9.59 Å². The van der Waals surface area contributed by atoms with Gasteiger partial charge in [-0.25, -0.2) is 0 Å². The summed E-state index contributed by atoms with van der Waals surface area (Å²) >= 11 is 0. The van der Waals surface area contributed by atoms with Crippen LogP contribution in [0.5, 0.6) is 5.75 Å². The van der Waals surface area contributed by atoms with Crippen molar-refractivity contribution in [2.45, 2.75) is 64.8 Å². The van der Waals surface area contributed by atoms with Crippen LogP contribution < -0.4 is 10.1 Å². The molecule has 1 aliphatic rings. The number of hydrogen-bond donors (Lipinski definition) is 1. The van der Waals surface area contributed by atoms with Gasteiger partial charge in [-0.2, -0.15) is 0 Å². The topological polar surface area (TPSA) is 58.6 Å². The Bertz CT molecular complexity index is 871. The molecule has 0 aliphatic heterocycles. The predicted octanol–water partition coefficient (Wildman–Crippen LogP) is 6.16. The van der Waals surface area contributed by atoms with E-state index in [0.717, 1.165) is 18.6 Å². The molecule has 0 heterocycles. The molecule has 1 atom stereocenters. The molecule has 1 fully saturated rings. The molecule has 5 heteroatoms. The van der Waals surface area contributed by atoms with Crippen LogP contribution in [-0.2, 0) is 0 Å². The fourth-order valence-electron chi connectivity index (χ4n) is 4.26. The number of ether oxygens (including phenoxy) is 1. The van der Waals surface area contributed by atoms with Gasteiger partial charge in [0.05, 0.1) is 6.61 Å². The summed E-state index contributed by atoms with van der Waals surface area (Å²) in [5.41, 5.74) is 1.87. The smallest absolute Gasteiger partial charge is 0.255 e. The molecule has 0 unspecified atom stereocenters. The zero-order valence-corrected chi connectivity index (χ0v) is 19.6. The van der Waals surface area contributed by atoms with E-state index in [0.29, 0.717) is 29.3 Å². The first-order valence-electron chi connectivity index (χ1n) is 11.9. The standard InChI is InChI=1S/C27H36N2O3/c1-4-5-19-32-25-17-13-22(14-18-25)26(30)28-24-15-11-23(12-16-24)27(31)29(3)20(2)21-9-7-6-8-10-21/h11-18,20-21H,4-10,19H2,1-3H3,(H,28,30)/t20-/m1/s1. The lowest BCUT2D eigenvalue weighted by Gasteiger charge is -2.34. The number of carbonyl (C=O) groups is 2. The molecule has 2 aromatic rings. The summed E-state index contributed by atoms with van der Waals surface area (Å²) in [5.74, 6) is 1.19. The van der Waals surface area contributed by atoms with Crippen molar-refractivity contribution in [2.75, 3.05) is 19.0 Å². The van der Waals surface area contributed by atoms with E-state index in [4.69, 9.17) is 4.74 Å². The molecule has 0 bridgehead atoms. The monoisotopic (exact) mass is 436 g/mol. The maximum atomic E-state index is 12.9. The number of carbonyl (C=O) groups excluding carboxylic acids is 2. The summed E-state index contributed by atoms with van der Waals surface area (Å²) in [5, 5.41) is 2.90. The first kappa shape index (κ1) is 23.8. The van der Waals surface area contributed by atoms with Crippen LogP contribution in [0, 0.1) is 5.92 Å². The Hall–Kier alpha value is -2.82. The van der Waals surface area contributed by atoms with Crippen LogP contribution >= 0.6 is 0 Å². The minimum absolute atomic E-state index is 0.0274. The average Bonchev–Trinajstić information content (AvgIpc) is 2.84. The molecule has 3 rings (SSSR count). The number of rotatable bonds is 9. The molecule has 2 amide bonds. The number of unbranched alkanes of at least 4 members (excludes halogenated alkanes) is 1. The third kappa shape index (κ3) is 6.35. The quantitative estimate of drug-likeness (QED) is 0.479. The second-order valence-corrected chi connectivity index (χ2v) is 8.81. The van der Waals surface area contributed by atoms with Crippen LogP contribution in [0.3, 0.4) is 0 Å². The predicted molar refractivity (Wildman–Crippen MR) is 129 cm³/mol. The lowest BCUT2D eigenvalue weighted by molar-refractivity contribution is 0.0665. The minimum Gasteiger partial charge on any atom is -0.494 e. The van der Waals surface area contributed by atoms with Gasteiger partial charge < -0.3 is 15.0 Å². The van der Waals surface area contributed by atoms with E-state index < -0.39 is 0 Å². The summed E-state index contributed by atoms with van der Waals surface area (Å²) in [6.45, 7) is 4.96. The fourth-order valence-corrected chi connectivity index (χ4v) is 4.26. The molecular formula is C27H36N2O3. The highest BCUT2D eigenvalue weighted by molar-refractivity contribution is 6.04. The summed E-state index contributed by atoms with van der Waals surface area (Å²) in [6, 6.07) is 14.5. The van der Waals surface area contributed by atoms with Crippen LogP contribution in [0.1, 0.15) is 79.5 Å². The number of benzene rings is 2. The molecule has 1 N–H and O–H groups in total. The second-order valence-electron chi connectivity index (χ2n) is 8.81. The molecule has 0 saturated heterocycles. The van der Waals surface area contributed by atoms with E-state index in [1.165, 1.54) is 32.1 Å². The minimum atomic E-state index is -0.188. The van der Waals surface area contributed by atoms with Crippen molar-refractivity contribution in [2.24, 2.45) is 5.92 Å². The Balaban J connectivity index is 1.55. The second kappa shape index (κ2) is 11.7. The molecule has 1 saturated carbocycles. The lowest BCUT2D eigenvalue weighted by atomic mass is 9.84. The third-order valence-corrected chi connectivity index (χ3v) is 6.54. The van der Waals surface area contributed by atoms with Crippen LogP contribution in [-0.4, -0.2) is 36.4 Å². The first-order chi connectivity index (χ1) is 15.5. The van der Waals surface area contributed by atoms with E-state index in [1.807, 2.05) is 24.1 Å². The highest BCUT2D eigenvalue weighted by Gasteiger charge is 2.26. The van der Waals surface area contributed by atoms with Gasteiger partial charge in [0.15, 0.2) is 0 Å². The molecule has 0 spiro atoms. The van der Waals surface area contributed by atoms with Crippen molar-refractivity contribution < 1.29 is 14.3 Å². The third-order valence-electron chi connectivity index (χ3n) is 6.54. The molecule has 0 radical (unpaired) electrons. The molecule has 1 aliphatic carbocycles. The molecule has 32 heavy (non-hydrogen) atoms. The van der Waals surface area contributed by atoms with Gasteiger partial charge >= 0.3 is 0 Å². The number of anilines is 1. The maximum Gasteiger partial charge on any atom is 0.255 e. The van der Waals surface area contributed by atoms with Crippen LogP contribution in [0.4, 0.5) is 5.69 Å².